The summed E-state index contributed by atoms with van der Waals surface area (Å²) in [4.78, 5) is 25.2. The van der Waals surface area contributed by atoms with Gasteiger partial charge in [-0.3, -0.25) is 14.5 Å². The van der Waals surface area contributed by atoms with E-state index in [1.165, 1.54) is 6.08 Å². The van der Waals surface area contributed by atoms with Gasteiger partial charge in [0.2, 0.25) is 0 Å². The number of benzene rings is 2. The first-order valence-electron chi connectivity index (χ1n) is 8.21. The zero-order chi connectivity index (χ0) is 18.1. The minimum absolute atomic E-state index is 0.0253. The number of nitrogens with zero attached hydrogens (tertiary/aromatic N) is 1. The number of rotatable bonds is 5. The Bertz CT molecular complexity index is 1020. The van der Waals surface area contributed by atoms with Crippen molar-refractivity contribution in [1.82, 2.24) is 4.90 Å². The summed E-state index contributed by atoms with van der Waals surface area (Å²) in [6.07, 6.45) is 1.23. The summed E-state index contributed by atoms with van der Waals surface area (Å²) < 4.78 is 5.99. The topological polar surface area (TPSA) is 82.8 Å². The standard InChI is InChI=1S/C20H16N2O4/c23-10-9-22-18(24)12-16(20(22)25)21-15-8-4-7-14-11-17(26-19(14)15)13-5-2-1-3-6-13/h1-8,11-12,21,23H,9-10H2. The molecule has 6 nitrogen and oxygen atoms in total. The molecule has 4 rings (SSSR count). The molecule has 0 bridgehead atoms. The van der Waals surface area contributed by atoms with E-state index in [-0.39, 0.29) is 18.8 Å². The molecule has 3 aromatic rings. The molecule has 0 atom stereocenters. The van der Waals surface area contributed by atoms with Crippen LogP contribution in [0.3, 0.4) is 0 Å². The van der Waals surface area contributed by atoms with E-state index >= 15 is 0 Å². The number of furan rings is 1. The SMILES string of the molecule is O=C1C=C(Nc2cccc3cc(-c4ccccc4)oc23)C(=O)N1CCO. The number of β-amino-alcohol motifs (C(OH)–C–C–N with tert-alkyl or cyclic N) is 1. The summed E-state index contributed by atoms with van der Waals surface area (Å²) in [7, 11) is 0. The minimum atomic E-state index is -0.462. The normalized spacial score (nSPS) is 14.2. The molecule has 26 heavy (non-hydrogen) atoms. The molecule has 0 spiro atoms. The first-order valence-corrected chi connectivity index (χ1v) is 8.21. The summed E-state index contributed by atoms with van der Waals surface area (Å²) >= 11 is 0. The summed E-state index contributed by atoms with van der Waals surface area (Å²) in [5, 5.41) is 12.9. The maximum Gasteiger partial charge on any atom is 0.277 e. The van der Waals surface area contributed by atoms with Crippen molar-refractivity contribution in [2.45, 2.75) is 0 Å². The number of fused-ring (bicyclic) bond motifs is 1. The Morgan fingerprint density at radius 3 is 2.62 bits per heavy atom. The zero-order valence-corrected chi connectivity index (χ0v) is 13.8. The maximum absolute atomic E-state index is 12.3. The molecular formula is C20H16N2O4. The number of aliphatic hydroxyl groups excluding tert-OH is 1. The summed E-state index contributed by atoms with van der Waals surface area (Å²) in [6, 6.07) is 17.2. The number of imide groups is 1. The highest BCUT2D eigenvalue weighted by Gasteiger charge is 2.31. The van der Waals surface area contributed by atoms with Gasteiger partial charge in [0.25, 0.3) is 11.8 Å². The van der Waals surface area contributed by atoms with E-state index in [4.69, 9.17) is 9.52 Å². The second kappa shape index (κ2) is 6.50. The minimum Gasteiger partial charge on any atom is -0.454 e. The van der Waals surface area contributed by atoms with E-state index in [0.29, 0.717) is 11.3 Å². The van der Waals surface area contributed by atoms with Crippen molar-refractivity contribution in [3.8, 4) is 11.3 Å². The van der Waals surface area contributed by atoms with Crippen LogP contribution in [0.4, 0.5) is 5.69 Å². The van der Waals surface area contributed by atoms with Crippen LogP contribution in [0.5, 0.6) is 0 Å². The van der Waals surface area contributed by atoms with Crippen LogP contribution in [0.2, 0.25) is 0 Å². The highest BCUT2D eigenvalue weighted by atomic mass is 16.3. The lowest BCUT2D eigenvalue weighted by atomic mass is 10.1. The van der Waals surface area contributed by atoms with Crippen LogP contribution in [0.1, 0.15) is 0 Å². The van der Waals surface area contributed by atoms with E-state index in [9.17, 15) is 9.59 Å². The van der Waals surface area contributed by atoms with Crippen LogP contribution < -0.4 is 5.32 Å². The molecule has 0 saturated heterocycles. The molecule has 6 heteroatoms. The molecule has 0 saturated carbocycles. The van der Waals surface area contributed by atoms with E-state index in [1.54, 1.807) is 6.07 Å². The number of aliphatic hydroxyl groups is 1. The second-order valence-electron chi connectivity index (χ2n) is 5.90. The first-order chi connectivity index (χ1) is 12.7. The molecule has 2 amide bonds. The van der Waals surface area contributed by atoms with Crippen molar-refractivity contribution in [1.29, 1.82) is 0 Å². The fourth-order valence-electron chi connectivity index (χ4n) is 2.96. The van der Waals surface area contributed by atoms with Crippen molar-refractivity contribution in [3.63, 3.8) is 0 Å². The molecule has 0 fully saturated rings. The number of hydrogen-bond acceptors (Lipinski definition) is 5. The third-order valence-electron chi connectivity index (χ3n) is 4.20. The molecule has 0 aliphatic carbocycles. The average Bonchev–Trinajstić information content (AvgIpc) is 3.20. The summed E-state index contributed by atoms with van der Waals surface area (Å²) in [6.45, 7) is -0.296. The molecule has 1 aliphatic heterocycles. The predicted octanol–water partition coefficient (Wildman–Crippen LogP) is 2.76. The molecule has 130 valence electrons. The summed E-state index contributed by atoms with van der Waals surface area (Å²) in [5.41, 5.74) is 2.32. The first kappa shape index (κ1) is 16.1. The van der Waals surface area contributed by atoms with E-state index < -0.39 is 11.8 Å². The van der Waals surface area contributed by atoms with Gasteiger partial charge in [-0.25, -0.2) is 0 Å². The van der Waals surface area contributed by atoms with Crippen molar-refractivity contribution >= 4 is 28.5 Å². The van der Waals surface area contributed by atoms with Gasteiger partial charge in [-0.1, -0.05) is 42.5 Å². The molecule has 2 heterocycles. The largest absolute Gasteiger partial charge is 0.454 e. The lowest BCUT2D eigenvalue weighted by Gasteiger charge is -2.13. The van der Waals surface area contributed by atoms with Crippen LogP contribution in [-0.2, 0) is 9.59 Å². The quantitative estimate of drug-likeness (QED) is 0.693. The molecule has 0 radical (unpaired) electrons. The van der Waals surface area contributed by atoms with Crippen molar-refractivity contribution < 1.29 is 19.1 Å². The Morgan fingerprint density at radius 2 is 1.85 bits per heavy atom. The van der Waals surface area contributed by atoms with E-state index in [0.717, 1.165) is 21.6 Å². The van der Waals surface area contributed by atoms with Gasteiger partial charge in [0, 0.05) is 17.0 Å². The van der Waals surface area contributed by atoms with Gasteiger partial charge in [0.1, 0.15) is 11.5 Å². The smallest absolute Gasteiger partial charge is 0.277 e. The number of carbonyl (C=O) groups excluding carboxylic acids is 2. The van der Waals surface area contributed by atoms with Gasteiger partial charge < -0.3 is 14.8 Å². The van der Waals surface area contributed by atoms with Gasteiger partial charge in [-0.05, 0) is 12.1 Å². The fraction of sp³-hybridized carbons (Fsp3) is 0.100. The fourth-order valence-corrected chi connectivity index (χ4v) is 2.96. The third kappa shape index (κ3) is 2.76. The Kier molecular flexibility index (Phi) is 4.02. The zero-order valence-electron chi connectivity index (χ0n) is 13.8. The van der Waals surface area contributed by atoms with Crippen LogP contribution in [0.15, 0.2) is 70.8 Å². The van der Waals surface area contributed by atoms with E-state index in [1.807, 2.05) is 48.5 Å². The lowest BCUT2D eigenvalue weighted by Crippen LogP contribution is -2.34. The number of anilines is 1. The van der Waals surface area contributed by atoms with Crippen molar-refractivity contribution in [3.05, 3.63) is 66.4 Å². The maximum atomic E-state index is 12.3. The molecule has 2 N–H and O–H groups in total. The predicted molar refractivity (Wildman–Crippen MR) is 97.2 cm³/mol. The van der Waals surface area contributed by atoms with Crippen molar-refractivity contribution in [2.24, 2.45) is 0 Å². The Balaban J connectivity index is 1.68. The second-order valence-corrected chi connectivity index (χ2v) is 5.90. The Morgan fingerprint density at radius 1 is 1.04 bits per heavy atom. The Labute approximate surface area is 149 Å². The molecule has 1 aliphatic rings. The highest BCUT2D eigenvalue weighted by Crippen LogP contribution is 2.33. The lowest BCUT2D eigenvalue weighted by molar-refractivity contribution is -0.137. The number of carbonyl (C=O) groups is 2. The summed E-state index contributed by atoms with van der Waals surface area (Å²) in [5.74, 6) is -0.182. The van der Waals surface area contributed by atoms with Crippen LogP contribution >= 0.6 is 0 Å². The van der Waals surface area contributed by atoms with Crippen molar-refractivity contribution in [2.75, 3.05) is 18.5 Å². The van der Waals surface area contributed by atoms with Gasteiger partial charge in [-0.2, -0.15) is 0 Å². The molecule has 0 unspecified atom stereocenters. The number of para-hydroxylation sites is 1. The molecule has 1 aromatic heterocycles. The van der Waals surface area contributed by atoms with Gasteiger partial charge in [0.05, 0.1) is 18.8 Å². The average molecular weight is 348 g/mol. The van der Waals surface area contributed by atoms with Crippen LogP contribution in [0, 0.1) is 0 Å². The van der Waals surface area contributed by atoms with Gasteiger partial charge >= 0.3 is 0 Å². The van der Waals surface area contributed by atoms with E-state index in [2.05, 4.69) is 5.32 Å². The molecule has 2 aromatic carbocycles. The number of nitrogens with one attached hydrogen (secondary N) is 1. The Hall–Kier alpha value is -3.38. The number of amides is 2. The van der Waals surface area contributed by atoms with Crippen LogP contribution in [-0.4, -0.2) is 35.0 Å². The highest BCUT2D eigenvalue weighted by molar-refractivity contribution is 6.18. The monoisotopic (exact) mass is 348 g/mol. The number of hydrogen-bond donors (Lipinski definition) is 2. The van der Waals surface area contributed by atoms with Gasteiger partial charge in [-0.15, -0.1) is 0 Å². The molecular weight excluding hydrogens is 332 g/mol. The van der Waals surface area contributed by atoms with Gasteiger partial charge in [0.15, 0.2) is 5.58 Å². The third-order valence-corrected chi connectivity index (χ3v) is 4.20. The van der Waals surface area contributed by atoms with Crippen LogP contribution in [0.25, 0.3) is 22.3 Å².